The molecule has 2 heterocycles. The van der Waals surface area contributed by atoms with E-state index in [2.05, 4.69) is 22.0 Å². The monoisotopic (exact) mass is 314 g/mol. The maximum atomic E-state index is 12.0. The number of fused-ring (bicyclic) bond motifs is 1. The Labute approximate surface area is 136 Å². The lowest BCUT2D eigenvalue weighted by Gasteiger charge is -2.25. The van der Waals surface area contributed by atoms with E-state index in [-0.39, 0.29) is 5.91 Å². The Morgan fingerprint density at radius 2 is 2.04 bits per heavy atom. The quantitative estimate of drug-likeness (QED) is 0.871. The zero-order valence-electron chi connectivity index (χ0n) is 13.8. The smallest absolute Gasteiger partial charge is 0.246 e. The molecule has 1 aliphatic rings. The molecule has 0 spiro atoms. The number of hydrogen-bond acceptors (Lipinski definition) is 5. The van der Waals surface area contributed by atoms with Gasteiger partial charge in [0.15, 0.2) is 5.82 Å². The number of aryl methyl sites for hydroxylation is 1. The summed E-state index contributed by atoms with van der Waals surface area (Å²) in [7, 11) is 0. The van der Waals surface area contributed by atoms with E-state index in [1.54, 1.807) is 6.92 Å². The van der Waals surface area contributed by atoms with E-state index in [0.717, 1.165) is 30.2 Å². The van der Waals surface area contributed by atoms with Crippen molar-refractivity contribution in [3.63, 3.8) is 0 Å². The molecule has 23 heavy (non-hydrogen) atoms. The zero-order valence-corrected chi connectivity index (χ0v) is 13.8. The van der Waals surface area contributed by atoms with Crippen molar-refractivity contribution in [2.75, 3.05) is 22.9 Å². The van der Waals surface area contributed by atoms with Gasteiger partial charge in [-0.05, 0) is 18.1 Å². The SMILES string of the molecule is CCc1noc(CN2C[C@H](C)CN(C(C)=O)c3ccccc32)n1. The van der Waals surface area contributed by atoms with Crippen LogP contribution in [0.3, 0.4) is 0 Å². The predicted octanol–water partition coefficient (Wildman–Crippen LogP) is 2.64. The summed E-state index contributed by atoms with van der Waals surface area (Å²) in [6, 6.07) is 7.99. The van der Waals surface area contributed by atoms with Gasteiger partial charge in [-0.3, -0.25) is 4.79 Å². The summed E-state index contributed by atoms with van der Waals surface area (Å²) in [5.74, 6) is 1.75. The Morgan fingerprint density at radius 3 is 2.70 bits per heavy atom. The fourth-order valence-electron chi connectivity index (χ4n) is 3.01. The van der Waals surface area contributed by atoms with Crippen molar-refractivity contribution >= 4 is 17.3 Å². The van der Waals surface area contributed by atoms with Crippen molar-refractivity contribution < 1.29 is 9.32 Å². The van der Waals surface area contributed by atoms with Crippen LogP contribution in [0.15, 0.2) is 28.8 Å². The van der Waals surface area contributed by atoms with Gasteiger partial charge in [-0.25, -0.2) is 0 Å². The molecule has 0 fully saturated rings. The van der Waals surface area contributed by atoms with Crippen LogP contribution in [0.2, 0.25) is 0 Å². The molecule has 0 bridgehead atoms. The van der Waals surface area contributed by atoms with Crippen LogP contribution >= 0.6 is 0 Å². The molecule has 122 valence electrons. The molecule has 6 nitrogen and oxygen atoms in total. The normalized spacial score (nSPS) is 17.8. The summed E-state index contributed by atoms with van der Waals surface area (Å²) in [5, 5.41) is 3.96. The number of benzene rings is 1. The van der Waals surface area contributed by atoms with Crippen LogP contribution < -0.4 is 9.80 Å². The Balaban J connectivity index is 1.95. The van der Waals surface area contributed by atoms with Crippen LogP contribution in [-0.4, -0.2) is 29.1 Å². The van der Waals surface area contributed by atoms with Crippen molar-refractivity contribution in [1.29, 1.82) is 0 Å². The third kappa shape index (κ3) is 3.21. The van der Waals surface area contributed by atoms with E-state index in [1.165, 1.54) is 0 Å². The molecule has 1 atom stereocenters. The molecular weight excluding hydrogens is 292 g/mol. The highest BCUT2D eigenvalue weighted by Crippen LogP contribution is 2.34. The molecule has 1 amide bonds. The van der Waals surface area contributed by atoms with Crippen LogP contribution in [0.1, 0.15) is 32.5 Å². The predicted molar refractivity (Wildman–Crippen MR) is 88.4 cm³/mol. The molecule has 0 radical (unpaired) electrons. The largest absolute Gasteiger partial charge is 0.360 e. The summed E-state index contributed by atoms with van der Waals surface area (Å²) >= 11 is 0. The van der Waals surface area contributed by atoms with E-state index in [9.17, 15) is 4.79 Å². The molecule has 3 rings (SSSR count). The fourth-order valence-corrected chi connectivity index (χ4v) is 3.01. The first-order chi connectivity index (χ1) is 11.1. The number of amides is 1. The molecule has 6 heteroatoms. The number of para-hydroxylation sites is 2. The summed E-state index contributed by atoms with van der Waals surface area (Å²) in [4.78, 5) is 20.5. The Bertz CT molecular complexity index is 697. The highest BCUT2D eigenvalue weighted by molar-refractivity contribution is 5.95. The average Bonchev–Trinajstić information content (AvgIpc) is 2.93. The molecular formula is C17H22N4O2. The Hall–Kier alpha value is -2.37. The van der Waals surface area contributed by atoms with Crippen molar-refractivity contribution in [3.8, 4) is 0 Å². The lowest BCUT2D eigenvalue weighted by Crippen LogP contribution is -2.33. The first-order valence-corrected chi connectivity index (χ1v) is 8.02. The topological polar surface area (TPSA) is 62.5 Å². The summed E-state index contributed by atoms with van der Waals surface area (Å²) in [6.07, 6.45) is 0.759. The Kier molecular flexibility index (Phi) is 4.32. The van der Waals surface area contributed by atoms with Gasteiger partial charge in [0.25, 0.3) is 0 Å². The molecule has 1 aromatic heterocycles. The molecule has 0 unspecified atom stereocenters. The van der Waals surface area contributed by atoms with E-state index >= 15 is 0 Å². The summed E-state index contributed by atoms with van der Waals surface area (Å²) in [6.45, 7) is 7.88. The highest BCUT2D eigenvalue weighted by atomic mass is 16.5. The number of aromatic nitrogens is 2. The second kappa shape index (κ2) is 6.40. The van der Waals surface area contributed by atoms with Gasteiger partial charge in [0, 0.05) is 26.4 Å². The minimum Gasteiger partial charge on any atom is -0.360 e. The van der Waals surface area contributed by atoms with Crippen molar-refractivity contribution in [3.05, 3.63) is 36.0 Å². The molecule has 1 aliphatic heterocycles. The van der Waals surface area contributed by atoms with Gasteiger partial charge in [0.1, 0.15) is 0 Å². The minimum atomic E-state index is 0.0669. The third-order valence-corrected chi connectivity index (χ3v) is 4.07. The van der Waals surface area contributed by atoms with E-state index in [0.29, 0.717) is 24.9 Å². The Morgan fingerprint density at radius 1 is 1.30 bits per heavy atom. The second-order valence-corrected chi connectivity index (χ2v) is 6.06. The van der Waals surface area contributed by atoms with Crippen LogP contribution in [0.5, 0.6) is 0 Å². The molecule has 0 saturated carbocycles. The van der Waals surface area contributed by atoms with Gasteiger partial charge in [0.05, 0.1) is 17.9 Å². The van der Waals surface area contributed by atoms with Crippen molar-refractivity contribution in [2.45, 2.75) is 33.7 Å². The van der Waals surface area contributed by atoms with Crippen molar-refractivity contribution in [1.82, 2.24) is 10.1 Å². The molecule has 2 aromatic rings. The number of carbonyl (C=O) groups excluding carboxylic acids is 1. The zero-order chi connectivity index (χ0) is 16.4. The van der Waals surface area contributed by atoms with E-state index in [1.807, 2.05) is 36.1 Å². The first kappa shape index (κ1) is 15.5. The van der Waals surface area contributed by atoms with Gasteiger partial charge in [-0.1, -0.05) is 31.1 Å². The van der Waals surface area contributed by atoms with Crippen LogP contribution in [0.25, 0.3) is 0 Å². The van der Waals surface area contributed by atoms with Gasteiger partial charge >= 0.3 is 0 Å². The fraction of sp³-hybridized carbons (Fsp3) is 0.471. The third-order valence-electron chi connectivity index (χ3n) is 4.07. The molecule has 0 saturated heterocycles. The number of rotatable bonds is 3. The number of nitrogens with zero attached hydrogens (tertiary/aromatic N) is 4. The van der Waals surface area contributed by atoms with Crippen molar-refractivity contribution in [2.24, 2.45) is 5.92 Å². The maximum Gasteiger partial charge on any atom is 0.246 e. The molecule has 0 N–H and O–H groups in total. The van der Waals surface area contributed by atoms with Crippen LogP contribution in [-0.2, 0) is 17.8 Å². The molecule has 0 aliphatic carbocycles. The number of anilines is 2. The van der Waals surface area contributed by atoms with Gasteiger partial charge in [-0.15, -0.1) is 0 Å². The lowest BCUT2D eigenvalue weighted by atomic mass is 10.1. The summed E-state index contributed by atoms with van der Waals surface area (Å²) in [5.41, 5.74) is 1.97. The first-order valence-electron chi connectivity index (χ1n) is 8.02. The summed E-state index contributed by atoms with van der Waals surface area (Å²) < 4.78 is 5.34. The standard InChI is InChI=1S/C17H22N4O2/c1-4-16-18-17(23-19-16)11-20-9-12(2)10-21(13(3)22)15-8-6-5-7-14(15)20/h5-8,12H,4,9-11H2,1-3H3/t12-/m0/s1. The van der Waals surface area contributed by atoms with Gasteiger partial charge in [-0.2, -0.15) is 4.98 Å². The number of carbonyl (C=O) groups is 1. The average molecular weight is 314 g/mol. The lowest BCUT2D eigenvalue weighted by molar-refractivity contribution is -0.116. The maximum absolute atomic E-state index is 12.0. The van der Waals surface area contributed by atoms with Crippen LogP contribution in [0, 0.1) is 5.92 Å². The number of hydrogen-bond donors (Lipinski definition) is 0. The van der Waals surface area contributed by atoms with E-state index in [4.69, 9.17) is 4.52 Å². The highest BCUT2D eigenvalue weighted by Gasteiger charge is 2.27. The second-order valence-electron chi connectivity index (χ2n) is 6.06. The van der Waals surface area contributed by atoms with E-state index < -0.39 is 0 Å². The molecule has 1 aromatic carbocycles. The van der Waals surface area contributed by atoms with Gasteiger partial charge < -0.3 is 14.3 Å². The van der Waals surface area contributed by atoms with Crippen LogP contribution in [0.4, 0.5) is 11.4 Å². The van der Waals surface area contributed by atoms with Gasteiger partial charge in [0.2, 0.25) is 11.8 Å². The minimum absolute atomic E-state index is 0.0669.